The number of nitrogens with one attached hydrogen (secondary N) is 1. The number of hydrogen-bond acceptors (Lipinski definition) is 4. The van der Waals surface area contributed by atoms with Gasteiger partial charge in [-0.2, -0.15) is 10.2 Å². The summed E-state index contributed by atoms with van der Waals surface area (Å²) in [6, 6.07) is 6.72. The molecule has 0 saturated carbocycles. The van der Waals surface area contributed by atoms with Crippen LogP contribution in [0.25, 0.3) is 0 Å². The molecule has 1 heterocycles. The Morgan fingerprint density at radius 1 is 1.29 bits per heavy atom. The van der Waals surface area contributed by atoms with Gasteiger partial charge < -0.3 is 5.11 Å². The highest BCUT2D eigenvalue weighted by atomic mass is 19.3. The van der Waals surface area contributed by atoms with Crippen LogP contribution in [0.2, 0.25) is 0 Å². The van der Waals surface area contributed by atoms with Crippen LogP contribution in [-0.4, -0.2) is 27.0 Å². The number of benzene rings is 1. The van der Waals surface area contributed by atoms with Crippen LogP contribution >= 0.6 is 0 Å². The Bertz CT molecular complexity index is 746. The van der Waals surface area contributed by atoms with Gasteiger partial charge in [-0.3, -0.25) is 9.48 Å². The molecule has 0 radical (unpaired) electrons. The largest absolute Gasteiger partial charge is 0.507 e. The number of rotatable bonds is 6. The van der Waals surface area contributed by atoms with E-state index in [0.717, 1.165) is 6.21 Å². The molecule has 2 aromatic rings. The molecule has 0 bridgehead atoms. The van der Waals surface area contributed by atoms with Gasteiger partial charge in [0.15, 0.2) is 0 Å². The number of carbonyl (C=O) groups is 1. The van der Waals surface area contributed by atoms with E-state index in [4.69, 9.17) is 0 Å². The number of halogens is 4. The lowest BCUT2D eigenvalue weighted by atomic mass is 10.2. The van der Waals surface area contributed by atoms with Crippen LogP contribution in [0.3, 0.4) is 0 Å². The molecule has 0 saturated heterocycles. The summed E-state index contributed by atoms with van der Waals surface area (Å²) in [7, 11) is 0. The SMILES string of the molecule is O=C(Cn1nc(C(F)F)cc1C(F)F)NN=Cc1ccccc1O. The molecule has 0 aliphatic carbocycles. The molecule has 0 unspecified atom stereocenters. The van der Waals surface area contributed by atoms with Gasteiger partial charge in [-0.05, 0) is 18.2 Å². The fourth-order valence-electron chi connectivity index (χ4n) is 1.80. The number of aromatic hydroxyl groups is 1. The normalized spacial score (nSPS) is 11.6. The quantitative estimate of drug-likeness (QED) is 0.480. The topological polar surface area (TPSA) is 79.5 Å². The molecule has 0 atom stereocenters. The first-order chi connectivity index (χ1) is 11.4. The van der Waals surface area contributed by atoms with E-state index in [0.29, 0.717) is 16.3 Å². The molecular formula is C14H12F4N4O2. The van der Waals surface area contributed by atoms with Gasteiger partial charge in [0.1, 0.15) is 23.7 Å². The van der Waals surface area contributed by atoms with E-state index in [9.17, 15) is 27.5 Å². The first-order valence-corrected chi connectivity index (χ1v) is 6.62. The zero-order chi connectivity index (χ0) is 17.7. The molecule has 128 valence electrons. The van der Waals surface area contributed by atoms with E-state index in [2.05, 4.69) is 10.2 Å². The molecule has 0 spiro atoms. The van der Waals surface area contributed by atoms with Crippen LogP contribution in [0.15, 0.2) is 35.4 Å². The number of hydrazone groups is 1. The summed E-state index contributed by atoms with van der Waals surface area (Å²) in [5.41, 5.74) is 0.738. The summed E-state index contributed by atoms with van der Waals surface area (Å²) in [5.74, 6) is -0.906. The Labute approximate surface area is 133 Å². The second-order valence-electron chi connectivity index (χ2n) is 4.61. The van der Waals surface area contributed by atoms with Crippen LogP contribution in [0.1, 0.15) is 29.8 Å². The smallest absolute Gasteiger partial charge is 0.282 e. The minimum atomic E-state index is -3.05. The molecule has 0 fully saturated rings. The maximum atomic E-state index is 12.8. The minimum absolute atomic E-state index is 0.0656. The number of aromatic nitrogens is 2. The van der Waals surface area contributed by atoms with E-state index in [1.165, 1.54) is 12.1 Å². The fourth-order valence-corrected chi connectivity index (χ4v) is 1.80. The third kappa shape index (κ3) is 4.31. The van der Waals surface area contributed by atoms with Gasteiger partial charge in [-0.15, -0.1) is 0 Å². The molecule has 1 aromatic carbocycles. The lowest BCUT2D eigenvalue weighted by Crippen LogP contribution is -2.25. The highest BCUT2D eigenvalue weighted by molar-refractivity contribution is 5.84. The van der Waals surface area contributed by atoms with Crippen molar-refractivity contribution in [3.63, 3.8) is 0 Å². The molecule has 2 N–H and O–H groups in total. The number of alkyl halides is 4. The van der Waals surface area contributed by atoms with Crippen LogP contribution in [0.4, 0.5) is 17.6 Å². The molecule has 1 amide bonds. The first kappa shape index (κ1) is 17.4. The number of para-hydroxylation sites is 1. The Morgan fingerprint density at radius 2 is 2.00 bits per heavy atom. The monoisotopic (exact) mass is 344 g/mol. The van der Waals surface area contributed by atoms with Crippen LogP contribution in [0.5, 0.6) is 5.75 Å². The summed E-state index contributed by atoms with van der Waals surface area (Å²) in [6.07, 6.45) is -4.93. The minimum Gasteiger partial charge on any atom is -0.507 e. The number of hydrogen-bond donors (Lipinski definition) is 2. The Kier molecular flexibility index (Phi) is 5.51. The molecule has 2 rings (SSSR count). The Morgan fingerprint density at radius 3 is 2.62 bits per heavy atom. The van der Waals surface area contributed by atoms with E-state index in [1.54, 1.807) is 12.1 Å². The average molecular weight is 344 g/mol. The van der Waals surface area contributed by atoms with E-state index < -0.39 is 36.7 Å². The third-order valence-corrected chi connectivity index (χ3v) is 2.90. The Balaban J connectivity index is 2.03. The molecule has 24 heavy (non-hydrogen) atoms. The van der Waals surface area contributed by atoms with Crippen molar-refractivity contribution in [2.45, 2.75) is 19.4 Å². The van der Waals surface area contributed by atoms with Crippen molar-refractivity contribution in [2.75, 3.05) is 0 Å². The molecule has 10 heteroatoms. The van der Waals surface area contributed by atoms with Gasteiger partial charge >= 0.3 is 0 Å². The average Bonchev–Trinajstić information content (AvgIpc) is 2.93. The second kappa shape index (κ2) is 7.57. The van der Waals surface area contributed by atoms with E-state index in [-0.39, 0.29) is 5.75 Å². The zero-order valence-corrected chi connectivity index (χ0v) is 12.0. The van der Waals surface area contributed by atoms with Gasteiger partial charge in [0.2, 0.25) is 0 Å². The Hall–Kier alpha value is -2.91. The van der Waals surface area contributed by atoms with Crippen molar-refractivity contribution in [1.29, 1.82) is 0 Å². The van der Waals surface area contributed by atoms with Crippen LogP contribution in [0, 0.1) is 0 Å². The maximum Gasteiger partial charge on any atom is 0.282 e. The molecule has 1 aromatic heterocycles. The lowest BCUT2D eigenvalue weighted by Gasteiger charge is -2.05. The summed E-state index contributed by atoms with van der Waals surface area (Å²) in [4.78, 5) is 11.7. The number of phenolic OH excluding ortho intramolecular Hbond substituents is 1. The van der Waals surface area contributed by atoms with Crippen LogP contribution in [-0.2, 0) is 11.3 Å². The summed E-state index contributed by atoms with van der Waals surface area (Å²) < 4.78 is 51.1. The summed E-state index contributed by atoms with van der Waals surface area (Å²) in [6.45, 7) is -0.704. The number of amides is 1. The van der Waals surface area contributed by atoms with Gasteiger partial charge in [0, 0.05) is 5.56 Å². The summed E-state index contributed by atoms with van der Waals surface area (Å²) >= 11 is 0. The first-order valence-electron chi connectivity index (χ1n) is 6.62. The highest BCUT2D eigenvalue weighted by Gasteiger charge is 2.22. The third-order valence-electron chi connectivity index (χ3n) is 2.90. The van der Waals surface area contributed by atoms with Gasteiger partial charge in [-0.25, -0.2) is 23.0 Å². The molecular weight excluding hydrogens is 332 g/mol. The van der Waals surface area contributed by atoms with E-state index >= 15 is 0 Å². The van der Waals surface area contributed by atoms with Crippen molar-refractivity contribution < 1.29 is 27.5 Å². The number of phenols is 1. The predicted octanol–water partition coefficient (Wildman–Crippen LogP) is 2.61. The molecule has 6 nitrogen and oxygen atoms in total. The van der Waals surface area contributed by atoms with Crippen molar-refractivity contribution in [1.82, 2.24) is 15.2 Å². The number of carbonyl (C=O) groups excluding carboxylic acids is 1. The van der Waals surface area contributed by atoms with Crippen molar-refractivity contribution in [3.8, 4) is 5.75 Å². The lowest BCUT2D eigenvalue weighted by molar-refractivity contribution is -0.121. The predicted molar refractivity (Wildman–Crippen MR) is 76.0 cm³/mol. The standard InChI is InChI=1S/C14H12F4N4O2/c15-13(16)9-5-10(14(17)18)22(21-9)7-12(24)20-19-6-8-3-1-2-4-11(8)23/h1-6,13-14,23H,7H2,(H,20,24). The second-order valence-corrected chi connectivity index (χ2v) is 4.61. The zero-order valence-electron chi connectivity index (χ0n) is 12.0. The van der Waals surface area contributed by atoms with Gasteiger partial charge in [-0.1, -0.05) is 12.1 Å². The van der Waals surface area contributed by atoms with Crippen molar-refractivity contribution >= 4 is 12.1 Å². The van der Waals surface area contributed by atoms with Crippen molar-refractivity contribution in [3.05, 3.63) is 47.3 Å². The van der Waals surface area contributed by atoms with Crippen molar-refractivity contribution in [2.24, 2.45) is 5.10 Å². The fraction of sp³-hybridized carbons (Fsp3) is 0.214. The molecule has 0 aliphatic rings. The van der Waals surface area contributed by atoms with Gasteiger partial charge in [0.05, 0.1) is 6.21 Å². The molecule has 0 aliphatic heterocycles. The maximum absolute atomic E-state index is 12.8. The number of nitrogens with zero attached hydrogens (tertiary/aromatic N) is 3. The summed E-state index contributed by atoms with van der Waals surface area (Å²) in [5, 5.41) is 16.3. The van der Waals surface area contributed by atoms with E-state index in [1.807, 2.05) is 5.43 Å². The van der Waals surface area contributed by atoms with Gasteiger partial charge in [0.25, 0.3) is 18.8 Å². The highest BCUT2D eigenvalue weighted by Crippen LogP contribution is 2.24. The van der Waals surface area contributed by atoms with Crippen LogP contribution < -0.4 is 5.43 Å².